The monoisotopic (exact) mass is 584 g/mol. The van der Waals surface area contributed by atoms with E-state index >= 15 is 0 Å². The molecular weight excluding hydrogens is 577 g/mol. The second-order valence-corrected chi connectivity index (χ2v) is 4.31. The van der Waals surface area contributed by atoms with Gasteiger partial charge in [0.25, 0.3) is 0 Å². The molecule has 0 N–H and O–H groups in total. The van der Waals surface area contributed by atoms with E-state index < -0.39 is 0 Å². The van der Waals surface area contributed by atoms with Crippen molar-refractivity contribution in [2.45, 2.75) is 0 Å². The Hall–Kier alpha value is -0.345. The van der Waals surface area contributed by atoms with E-state index in [1.165, 1.54) is 0 Å². The summed E-state index contributed by atoms with van der Waals surface area (Å²) in [6, 6.07) is 17.2. The standard InChI is InChI=1S/C13H6OS.2Re/c14-13-9-5-1-3-7-11(9)15-12-8-4-2-6-10(12)13;;/h1-5,7H;;/q-2;;. The molecule has 3 rings (SSSR count). The molecule has 2 aromatic carbocycles. The third-order valence-electron chi connectivity index (χ3n) is 2.32. The van der Waals surface area contributed by atoms with Crippen molar-refractivity contribution in [2.24, 2.45) is 0 Å². The predicted molar refractivity (Wildman–Crippen MR) is 63.3 cm³/mol. The van der Waals surface area contributed by atoms with Gasteiger partial charge in [0.15, 0.2) is 0 Å². The van der Waals surface area contributed by atoms with Gasteiger partial charge in [0, 0.05) is 45.5 Å². The van der Waals surface area contributed by atoms with E-state index in [9.17, 15) is 4.79 Å². The van der Waals surface area contributed by atoms with Crippen molar-refractivity contribution in [2.75, 3.05) is 0 Å². The molecule has 1 heterocycles. The third kappa shape index (κ3) is 2.58. The average molecular weight is 583 g/mol. The molecule has 3 aromatic rings. The van der Waals surface area contributed by atoms with E-state index in [1.807, 2.05) is 24.3 Å². The molecule has 0 aliphatic heterocycles. The zero-order valence-electron chi connectivity index (χ0n) is 8.54. The zero-order chi connectivity index (χ0) is 10.3. The van der Waals surface area contributed by atoms with E-state index in [-0.39, 0.29) is 46.3 Å². The van der Waals surface area contributed by atoms with Gasteiger partial charge >= 0.3 is 0 Å². The van der Waals surface area contributed by atoms with Crippen molar-refractivity contribution >= 4 is 31.5 Å². The van der Waals surface area contributed by atoms with Gasteiger partial charge in [0.1, 0.15) is 0 Å². The van der Waals surface area contributed by atoms with Crippen LogP contribution in [0.3, 0.4) is 0 Å². The molecule has 0 saturated carbocycles. The zero-order valence-corrected chi connectivity index (χ0v) is 14.8. The van der Waals surface area contributed by atoms with Crippen LogP contribution in [0.1, 0.15) is 0 Å². The fourth-order valence-electron chi connectivity index (χ4n) is 1.62. The Bertz CT molecular complexity index is 649. The van der Waals surface area contributed by atoms with Gasteiger partial charge in [-0.1, -0.05) is 18.2 Å². The van der Waals surface area contributed by atoms with Crippen LogP contribution < -0.4 is 5.43 Å². The van der Waals surface area contributed by atoms with Crippen LogP contribution in [0.5, 0.6) is 0 Å². The molecule has 0 aliphatic rings. The van der Waals surface area contributed by atoms with Crippen LogP contribution in [0.15, 0.2) is 41.2 Å². The molecule has 0 saturated heterocycles. The van der Waals surface area contributed by atoms with Crippen LogP contribution in [-0.4, -0.2) is 0 Å². The van der Waals surface area contributed by atoms with E-state index in [1.54, 1.807) is 23.5 Å². The van der Waals surface area contributed by atoms with E-state index in [4.69, 9.17) is 0 Å². The molecule has 4 heteroatoms. The summed E-state index contributed by atoms with van der Waals surface area (Å²) in [5, 5.41) is 1.41. The van der Waals surface area contributed by atoms with Gasteiger partial charge in [-0.3, -0.25) is 24.3 Å². The van der Waals surface area contributed by atoms with Gasteiger partial charge < -0.3 is 4.79 Å². The molecule has 0 unspecified atom stereocenters. The van der Waals surface area contributed by atoms with Crippen LogP contribution in [0.4, 0.5) is 0 Å². The van der Waals surface area contributed by atoms with E-state index in [0.717, 1.165) is 14.8 Å². The number of benzene rings is 2. The van der Waals surface area contributed by atoms with E-state index in [0.29, 0.717) is 5.39 Å². The Morgan fingerprint density at radius 2 is 1.71 bits per heavy atom. The molecule has 1 nitrogen and oxygen atoms in total. The summed E-state index contributed by atoms with van der Waals surface area (Å²) < 4.78 is 1.88. The molecular formula is C13H6ORe2S-2. The predicted octanol–water partition coefficient (Wildman–Crippen LogP) is 3.01. The summed E-state index contributed by atoms with van der Waals surface area (Å²) in [6.45, 7) is 0. The first-order chi connectivity index (χ1) is 7.36. The Morgan fingerprint density at radius 3 is 2.53 bits per heavy atom. The second kappa shape index (κ2) is 6.01. The van der Waals surface area contributed by atoms with Gasteiger partial charge in [-0.2, -0.15) is 10.1 Å². The van der Waals surface area contributed by atoms with E-state index in [2.05, 4.69) is 12.1 Å². The van der Waals surface area contributed by atoms with Gasteiger partial charge in [-0.25, -0.2) is 11.3 Å². The number of hydrogen-bond acceptors (Lipinski definition) is 2. The van der Waals surface area contributed by atoms with Crippen LogP contribution in [0, 0.1) is 12.1 Å². The van der Waals surface area contributed by atoms with Crippen molar-refractivity contribution < 1.29 is 40.8 Å². The first-order valence-electron chi connectivity index (χ1n) is 4.60. The fourth-order valence-corrected chi connectivity index (χ4v) is 2.63. The molecule has 1 aromatic heterocycles. The Morgan fingerprint density at radius 1 is 1.00 bits per heavy atom. The van der Waals surface area contributed by atoms with Gasteiger partial charge in [-0.15, -0.1) is 0 Å². The Labute approximate surface area is 130 Å². The minimum absolute atomic E-state index is 0. The first kappa shape index (κ1) is 14.7. The molecule has 0 fully saturated rings. The minimum atomic E-state index is 0. The van der Waals surface area contributed by atoms with Crippen LogP contribution in [0.25, 0.3) is 20.2 Å². The topological polar surface area (TPSA) is 17.1 Å². The molecule has 0 amide bonds. The fraction of sp³-hybridized carbons (Fsp3) is 0. The van der Waals surface area contributed by atoms with Gasteiger partial charge in [0.05, 0.1) is 5.43 Å². The smallest absolute Gasteiger partial charge is 0.0561 e. The number of fused-ring (bicyclic) bond motifs is 2. The average Bonchev–Trinajstić information content (AvgIpc) is 2.30. The van der Waals surface area contributed by atoms with Crippen molar-refractivity contribution in [3.05, 3.63) is 58.8 Å². The molecule has 0 bridgehead atoms. The van der Waals surface area contributed by atoms with Crippen LogP contribution in [-0.2, 0) is 40.8 Å². The van der Waals surface area contributed by atoms with Crippen LogP contribution >= 0.6 is 11.3 Å². The summed E-state index contributed by atoms with van der Waals surface area (Å²) in [5.74, 6) is 0. The summed E-state index contributed by atoms with van der Waals surface area (Å²) >= 11 is 1.58. The largest absolute Gasteiger partial charge is 0.361 e. The molecule has 0 aliphatic carbocycles. The normalized spacial score (nSPS) is 9.65. The van der Waals surface area contributed by atoms with Crippen molar-refractivity contribution in [3.63, 3.8) is 0 Å². The SMILES string of the molecule is O=c1c2[c-]cc[c-]c2sc2ccccc12.[Re].[Re]. The first-order valence-corrected chi connectivity index (χ1v) is 5.42. The number of hydrogen-bond donors (Lipinski definition) is 0. The molecule has 86 valence electrons. The molecule has 0 spiro atoms. The van der Waals surface area contributed by atoms with Crippen molar-refractivity contribution in [3.8, 4) is 0 Å². The van der Waals surface area contributed by atoms with Gasteiger partial charge in [-0.05, 0) is 11.5 Å². The summed E-state index contributed by atoms with van der Waals surface area (Å²) in [5.41, 5.74) is 0.0520. The van der Waals surface area contributed by atoms with Crippen molar-refractivity contribution in [1.29, 1.82) is 0 Å². The number of rotatable bonds is 0. The molecule has 2 radical (unpaired) electrons. The second-order valence-electron chi connectivity index (χ2n) is 3.25. The molecule has 0 atom stereocenters. The maximum absolute atomic E-state index is 12.0. The quantitative estimate of drug-likeness (QED) is 0.295. The summed E-state index contributed by atoms with van der Waals surface area (Å²) in [4.78, 5) is 12.0. The Kier molecular flexibility index (Phi) is 5.20. The Balaban J connectivity index is 0.000000722. The summed E-state index contributed by atoms with van der Waals surface area (Å²) in [7, 11) is 0. The van der Waals surface area contributed by atoms with Gasteiger partial charge in [0.2, 0.25) is 0 Å². The maximum Gasteiger partial charge on any atom is 0.0561 e. The summed E-state index contributed by atoms with van der Waals surface area (Å²) in [6.07, 6.45) is 0. The minimum Gasteiger partial charge on any atom is -0.361 e. The van der Waals surface area contributed by atoms with Crippen LogP contribution in [0.2, 0.25) is 0 Å². The van der Waals surface area contributed by atoms with Crippen molar-refractivity contribution in [1.82, 2.24) is 0 Å². The third-order valence-corrected chi connectivity index (χ3v) is 3.43. The molecule has 17 heavy (non-hydrogen) atoms. The maximum atomic E-state index is 12.0.